The van der Waals surface area contributed by atoms with E-state index in [-0.39, 0.29) is 13.0 Å². The van der Waals surface area contributed by atoms with Crippen molar-refractivity contribution in [2.24, 2.45) is 5.41 Å². The summed E-state index contributed by atoms with van der Waals surface area (Å²) in [5.41, 5.74) is -0.405. The molecule has 1 aliphatic heterocycles. The number of furan rings is 1. The Morgan fingerprint density at radius 2 is 1.60 bits per heavy atom. The molecule has 1 aromatic heterocycles. The van der Waals surface area contributed by atoms with Crippen LogP contribution in [0.25, 0.3) is 0 Å². The van der Waals surface area contributed by atoms with E-state index in [4.69, 9.17) is 23.5 Å². The van der Waals surface area contributed by atoms with Gasteiger partial charge in [-0.15, -0.1) is 0 Å². The highest BCUT2D eigenvalue weighted by Crippen LogP contribution is 2.55. The van der Waals surface area contributed by atoms with Crippen LogP contribution in [-0.4, -0.2) is 33.3 Å². The number of benzene rings is 2. The zero-order valence-electron chi connectivity index (χ0n) is 19.6. The maximum atomic E-state index is 13.6. The third-order valence-corrected chi connectivity index (χ3v) is 6.65. The Morgan fingerprint density at radius 1 is 1.00 bits per heavy atom. The molecule has 0 spiro atoms. The van der Waals surface area contributed by atoms with E-state index >= 15 is 0 Å². The van der Waals surface area contributed by atoms with Gasteiger partial charge < -0.3 is 18.6 Å². The van der Waals surface area contributed by atoms with Gasteiger partial charge in [-0.2, -0.15) is 0 Å². The number of hydroxylamine groups is 1. The number of nitrogens with zero attached hydrogens (tertiary/aromatic N) is 1. The third kappa shape index (κ3) is 4.59. The highest BCUT2D eigenvalue weighted by Gasteiger charge is 2.63. The fourth-order valence-electron chi connectivity index (χ4n) is 4.47. The first-order valence-corrected chi connectivity index (χ1v) is 11.8. The zero-order valence-corrected chi connectivity index (χ0v) is 21.2. The third-order valence-electron chi connectivity index (χ3n) is 6.03. The predicted molar refractivity (Wildman–Crippen MR) is 130 cm³/mol. The van der Waals surface area contributed by atoms with Crippen LogP contribution in [0, 0.1) is 5.41 Å². The van der Waals surface area contributed by atoms with Crippen LogP contribution in [0.15, 0.2) is 75.6 Å². The summed E-state index contributed by atoms with van der Waals surface area (Å²) in [5, 5.41) is 1.54. The molecule has 2 aromatic carbocycles. The molecule has 1 aliphatic rings. The van der Waals surface area contributed by atoms with Gasteiger partial charge in [0.05, 0.1) is 24.4 Å². The Hall–Kier alpha value is -3.14. The first-order chi connectivity index (χ1) is 17.0. The van der Waals surface area contributed by atoms with Gasteiger partial charge in [-0.05, 0) is 39.7 Å². The average molecular weight is 544 g/mol. The van der Waals surface area contributed by atoms with E-state index in [0.717, 1.165) is 5.56 Å². The number of para-hydroxylation sites is 1. The van der Waals surface area contributed by atoms with E-state index < -0.39 is 29.5 Å². The molecule has 4 rings (SSSR count). The van der Waals surface area contributed by atoms with Crippen molar-refractivity contribution < 1.29 is 33.1 Å². The molecule has 2 heterocycles. The molecule has 184 valence electrons. The molecule has 1 fully saturated rings. The van der Waals surface area contributed by atoms with E-state index in [1.807, 2.05) is 60.7 Å². The second kappa shape index (κ2) is 10.6. The molecule has 0 N–H and O–H groups in total. The molecule has 35 heavy (non-hydrogen) atoms. The number of esters is 2. The van der Waals surface area contributed by atoms with Crippen LogP contribution in [0.1, 0.15) is 35.7 Å². The number of carbonyl (C=O) groups is 2. The number of anilines is 1. The molecule has 3 aromatic rings. The highest BCUT2D eigenvalue weighted by atomic mass is 79.9. The summed E-state index contributed by atoms with van der Waals surface area (Å²) in [6.45, 7) is 0.202. The lowest BCUT2D eigenvalue weighted by Gasteiger charge is -2.48. The molecular weight excluding hydrogens is 518 g/mol. The van der Waals surface area contributed by atoms with Crippen molar-refractivity contribution in [3.8, 4) is 0 Å². The summed E-state index contributed by atoms with van der Waals surface area (Å²) >= 11 is 3.54. The van der Waals surface area contributed by atoms with Gasteiger partial charge in [0, 0.05) is 13.5 Å². The Balaban J connectivity index is 1.98. The standard InChI is InChI=1S/C26H26BrNO7/c1-31-16-19-14-20(27)22(34-19)23-26(24(29)32-2,25(30)33-3)15-21(17-10-6-4-7-11-17)35-28(23)18-12-8-5-9-13-18/h4-14,21,23H,15-16H2,1-3H3/t21-,23+/m1/s1. The summed E-state index contributed by atoms with van der Waals surface area (Å²) in [4.78, 5) is 33.7. The van der Waals surface area contributed by atoms with Gasteiger partial charge >= 0.3 is 11.9 Å². The molecule has 0 bridgehead atoms. The number of rotatable bonds is 7. The summed E-state index contributed by atoms with van der Waals surface area (Å²) < 4.78 is 22.3. The predicted octanol–water partition coefficient (Wildman–Crippen LogP) is 5.15. The van der Waals surface area contributed by atoms with E-state index in [2.05, 4.69) is 15.9 Å². The number of carbonyl (C=O) groups excluding carboxylic acids is 2. The lowest BCUT2D eigenvalue weighted by atomic mass is 9.72. The van der Waals surface area contributed by atoms with E-state index in [9.17, 15) is 9.59 Å². The second-order valence-corrected chi connectivity index (χ2v) is 8.94. The van der Waals surface area contributed by atoms with E-state index in [0.29, 0.717) is 21.7 Å². The molecule has 1 saturated heterocycles. The molecule has 0 unspecified atom stereocenters. The fraction of sp³-hybridized carbons (Fsp3) is 0.308. The average Bonchev–Trinajstić information content (AvgIpc) is 3.27. The van der Waals surface area contributed by atoms with Crippen molar-refractivity contribution in [1.29, 1.82) is 0 Å². The first-order valence-electron chi connectivity index (χ1n) is 11.0. The Kier molecular flexibility index (Phi) is 7.59. The van der Waals surface area contributed by atoms with Crippen molar-refractivity contribution in [2.75, 3.05) is 26.4 Å². The van der Waals surface area contributed by atoms with Gasteiger partial charge in [-0.3, -0.25) is 14.4 Å². The van der Waals surface area contributed by atoms with Gasteiger partial charge in [-0.25, -0.2) is 5.06 Å². The van der Waals surface area contributed by atoms with Crippen LogP contribution in [-0.2, 0) is 35.2 Å². The fourth-order valence-corrected chi connectivity index (χ4v) is 5.02. The topological polar surface area (TPSA) is 87.4 Å². The highest BCUT2D eigenvalue weighted by molar-refractivity contribution is 9.10. The van der Waals surface area contributed by atoms with Crippen LogP contribution in [0.5, 0.6) is 0 Å². The number of hydrogen-bond donors (Lipinski definition) is 0. The summed E-state index contributed by atoms with van der Waals surface area (Å²) in [5.74, 6) is -0.688. The van der Waals surface area contributed by atoms with Gasteiger partial charge in [-0.1, -0.05) is 48.5 Å². The van der Waals surface area contributed by atoms with Crippen LogP contribution in [0.2, 0.25) is 0 Å². The number of ether oxygens (including phenoxy) is 3. The smallest absolute Gasteiger partial charge is 0.326 e. The molecule has 8 nitrogen and oxygen atoms in total. The molecule has 0 saturated carbocycles. The summed E-state index contributed by atoms with van der Waals surface area (Å²) in [6.07, 6.45) is -0.685. The lowest BCUT2D eigenvalue weighted by molar-refractivity contribution is -0.187. The van der Waals surface area contributed by atoms with Crippen LogP contribution >= 0.6 is 15.9 Å². The van der Waals surface area contributed by atoms with Gasteiger partial charge in [0.15, 0.2) is 5.41 Å². The maximum absolute atomic E-state index is 13.6. The molecule has 2 atom stereocenters. The van der Waals surface area contributed by atoms with Gasteiger partial charge in [0.1, 0.15) is 30.3 Å². The minimum Gasteiger partial charge on any atom is -0.468 e. The number of hydrogen-bond acceptors (Lipinski definition) is 8. The molecule has 0 aliphatic carbocycles. The van der Waals surface area contributed by atoms with E-state index in [1.165, 1.54) is 19.3 Å². The van der Waals surface area contributed by atoms with E-state index in [1.54, 1.807) is 13.2 Å². The van der Waals surface area contributed by atoms with Crippen LogP contribution in [0.4, 0.5) is 5.69 Å². The summed E-state index contributed by atoms with van der Waals surface area (Å²) in [6, 6.07) is 19.3. The normalized spacial score (nSPS) is 19.3. The quantitative estimate of drug-likeness (QED) is 0.299. The lowest BCUT2D eigenvalue weighted by Crippen LogP contribution is -2.57. The monoisotopic (exact) mass is 543 g/mol. The van der Waals surface area contributed by atoms with Crippen LogP contribution < -0.4 is 5.06 Å². The van der Waals surface area contributed by atoms with Crippen molar-refractivity contribution >= 4 is 33.6 Å². The second-order valence-electron chi connectivity index (χ2n) is 8.09. The summed E-state index contributed by atoms with van der Waals surface area (Å²) in [7, 11) is 4.04. The van der Waals surface area contributed by atoms with Crippen molar-refractivity contribution in [3.63, 3.8) is 0 Å². The Labute approximate surface area is 211 Å². The number of halogens is 1. The zero-order chi connectivity index (χ0) is 25.0. The van der Waals surface area contributed by atoms with Gasteiger partial charge in [0.25, 0.3) is 0 Å². The molecular formula is C26H26BrNO7. The molecule has 0 radical (unpaired) electrons. The number of methoxy groups -OCH3 is 3. The largest absolute Gasteiger partial charge is 0.468 e. The van der Waals surface area contributed by atoms with Crippen LogP contribution in [0.3, 0.4) is 0 Å². The first kappa shape index (κ1) is 25.0. The molecule has 0 amide bonds. The SMILES string of the molecule is COCc1cc(Br)c([C@@H]2N(c3ccccc3)O[C@@H](c3ccccc3)CC2(C(=O)OC)C(=O)OC)o1. The Bertz CT molecular complexity index is 1150. The maximum Gasteiger partial charge on any atom is 0.326 e. The minimum atomic E-state index is -1.82. The van der Waals surface area contributed by atoms with Crippen molar-refractivity contribution in [3.05, 3.63) is 88.3 Å². The van der Waals surface area contributed by atoms with Gasteiger partial charge in [0.2, 0.25) is 0 Å². The van der Waals surface area contributed by atoms with Crippen molar-refractivity contribution in [1.82, 2.24) is 0 Å². The molecule has 9 heteroatoms. The Morgan fingerprint density at radius 3 is 2.17 bits per heavy atom. The van der Waals surface area contributed by atoms with Crippen molar-refractivity contribution in [2.45, 2.75) is 25.2 Å². The minimum absolute atomic E-state index is 0.0306.